The maximum Gasteiger partial charge on any atom is 0.349 e. The summed E-state index contributed by atoms with van der Waals surface area (Å²) < 4.78 is 32.5. The van der Waals surface area contributed by atoms with Gasteiger partial charge in [-0.15, -0.1) is 4.47 Å². The maximum absolute atomic E-state index is 12.9. The van der Waals surface area contributed by atoms with Crippen LogP contribution in [0.5, 0.6) is 11.5 Å². The number of aromatic nitrogens is 3. The highest BCUT2D eigenvalue weighted by Crippen LogP contribution is 2.39. The number of hydrogen-bond donors (Lipinski definition) is 3. The predicted octanol–water partition coefficient (Wildman–Crippen LogP) is 3.56. The Bertz CT molecular complexity index is 1730. The first-order chi connectivity index (χ1) is 18.0. The van der Waals surface area contributed by atoms with Gasteiger partial charge in [0.2, 0.25) is 5.91 Å². The molecule has 0 saturated carbocycles. The molecule has 0 aliphatic rings. The molecule has 0 bridgehead atoms. The first-order valence-corrected chi connectivity index (χ1v) is 12.7. The molecule has 0 unspecified atom stereocenters. The number of sulfonamides is 1. The molecule has 196 valence electrons. The van der Waals surface area contributed by atoms with Crippen molar-refractivity contribution in [2.45, 2.75) is 11.8 Å². The Hall–Kier alpha value is -4.17. The molecule has 3 N–H and O–H groups in total. The van der Waals surface area contributed by atoms with E-state index in [1.54, 1.807) is 0 Å². The van der Waals surface area contributed by atoms with Crippen molar-refractivity contribution >= 4 is 50.5 Å². The highest BCUT2D eigenvalue weighted by atomic mass is 35.5. The molecule has 15 heteroatoms. The number of carbonyl (C=O) groups excluding carboxylic acids is 1. The van der Waals surface area contributed by atoms with E-state index in [2.05, 4.69) is 15.4 Å². The molecule has 1 heterocycles. The minimum atomic E-state index is -4.38. The number of aromatic amines is 1. The van der Waals surface area contributed by atoms with Crippen LogP contribution in [0, 0.1) is 0 Å². The van der Waals surface area contributed by atoms with Crippen LogP contribution in [0.1, 0.15) is 6.92 Å². The van der Waals surface area contributed by atoms with Gasteiger partial charge in [-0.1, -0.05) is 29.3 Å². The first-order valence-electron chi connectivity index (χ1n) is 10.5. The Labute approximate surface area is 224 Å². The predicted molar refractivity (Wildman–Crippen MR) is 139 cm³/mol. The minimum Gasteiger partial charge on any atom is -0.454 e. The number of ether oxygens (including phenoxy) is 1. The average molecular weight is 578 g/mol. The van der Waals surface area contributed by atoms with Gasteiger partial charge in [-0.2, -0.15) is 18.2 Å². The van der Waals surface area contributed by atoms with E-state index in [1.165, 1.54) is 67.6 Å². The Morgan fingerprint density at radius 2 is 1.74 bits per heavy atom. The highest BCUT2D eigenvalue weighted by molar-refractivity contribution is 7.92. The number of halogens is 2. The molecule has 1 aromatic heterocycles. The molecule has 0 aliphatic carbocycles. The summed E-state index contributed by atoms with van der Waals surface area (Å²) in [7, 11) is -4.38. The van der Waals surface area contributed by atoms with Crippen LogP contribution in [0.4, 0.5) is 11.4 Å². The van der Waals surface area contributed by atoms with Crippen molar-refractivity contribution in [3.63, 3.8) is 0 Å². The Balaban J connectivity index is 1.60. The summed E-state index contributed by atoms with van der Waals surface area (Å²) in [6, 6.07) is 13.3. The molecule has 0 aliphatic heterocycles. The van der Waals surface area contributed by atoms with Crippen molar-refractivity contribution in [2.75, 3.05) is 9.79 Å². The van der Waals surface area contributed by atoms with Gasteiger partial charge in [0.05, 0.1) is 26.3 Å². The monoisotopic (exact) mass is 577 g/mol. The molecule has 38 heavy (non-hydrogen) atoms. The van der Waals surface area contributed by atoms with Gasteiger partial charge >= 0.3 is 5.69 Å². The normalized spacial score (nSPS) is 11.2. The lowest BCUT2D eigenvalue weighted by Crippen LogP contribution is -2.30. The molecule has 0 radical (unpaired) electrons. The lowest BCUT2D eigenvalue weighted by atomic mass is 10.3. The topological polar surface area (TPSA) is 164 Å². The van der Waals surface area contributed by atoms with Gasteiger partial charge < -0.3 is 10.1 Å². The molecule has 0 saturated heterocycles. The molecule has 0 spiro atoms. The molecule has 12 nitrogen and oxygen atoms in total. The largest absolute Gasteiger partial charge is 0.454 e. The van der Waals surface area contributed by atoms with Crippen LogP contribution >= 0.6 is 23.2 Å². The summed E-state index contributed by atoms with van der Waals surface area (Å²) in [4.78, 5) is 36.3. The summed E-state index contributed by atoms with van der Waals surface area (Å²) in [5.74, 6) is -0.265. The fraction of sp³-hybridized carbons (Fsp3) is 0.0435. The number of nitrogens with zero attached hydrogens (tertiary/aromatic N) is 3. The number of anilines is 2. The van der Waals surface area contributed by atoms with Crippen molar-refractivity contribution in [3.8, 4) is 17.2 Å². The van der Waals surface area contributed by atoms with Crippen LogP contribution in [0.15, 0.2) is 81.3 Å². The van der Waals surface area contributed by atoms with Crippen molar-refractivity contribution in [3.05, 3.63) is 97.7 Å². The van der Waals surface area contributed by atoms with E-state index in [9.17, 15) is 28.0 Å². The van der Waals surface area contributed by atoms with Crippen LogP contribution in [0.2, 0.25) is 10.0 Å². The van der Waals surface area contributed by atoms with Gasteiger partial charge in [0.15, 0.2) is 5.75 Å². The fourth-order valence-corrected chi connectivity index (χ4v) is 4.86. The molecular formula is C23H17Cl2N5O7S. The number of benzene rings is 3. The summed E-state index contributed by atoms with van der Waals surface area (Å²) >= 11 is 12.6. The molecule has 3 aromatic carbocycles. The van der Waals surface area contributed by atoms with Gasteiger partial charge in [-0.25, -0.2) is 4.79 Å². The van der Waals surface area contributed by atoms with Gasteiger partial charge in [0, 0.05) is 18.7 Å². The van der Waals surface area contributed by atoms with E-state index in [4.69, 9.17) is 27.9 Å². The Morgan fingerprint density at radius 3 is 2.34 bits per heavy atom. The van der Waals surface area contributed by atoms with Crippen molar-refractivity contribution in [2.24, 2.45) is 0 Å². The molecular weight excluding hydrogens is 561 g/mol. The molecule has 4 aromatic rings. The van der Waals surface area contributed by atoms with Crippen molar-refractivity contribution < 1.29 is 23.2 Å². The second kappa shape index (κ2) is 10.7. The van der Waals surface area contributed by atoms with Crippen LogP contribution in [-0.2, 0) is 14.8 Å². The molecule has 4 rings (SSSR count). The van der Waals surface area contributed by atoms with Crippen LogP contribution in [0.3, 0.4) is 0 Å². The maximum atomic E-state index is 12.9. The zero-order valence-corrected chi connectivity index (χ0v) is 21.6. The molecule has 0 fully saturated rings. The first kappa shape index (κ1) is 26.9. The summed E-state index contributed by atoms with van der Waals surface area (Å²) in [6.45, 7) is 1.31. The lowest BCUT2D eigenvalue weighted by molar-refractivity contribution is -0.114. The fourth-order valence-electron chi connectivity index (χ4n) is 3.24. The number of amides is 1. The van der Waals surface area contributed by atoms with Crippen LogP contribution in [-0.4, -0.2) is 34.3 Å². The third kappa shape index (κ3) is 5.70. The average Bonchev–Trinajstić information content (AvgIpc) is 2.86. The van der Waals surface area contributed by atoms with E-state index in [-0.39, 0.29) is 48.2 Å². The highest BCUT2D eigenvalue weighted by Gasteiger charge is 2.24. The second-order valence-electron chi connectivity index (χ2n) is 7.64. The van der Waals surface area contributed by atoms with E-state index in [1.807, 2.05) is 0 Å². The molecule has 0 atom stereocenters. The smallest absolute Gasteiger partial charge is 0.349 e. The van der Waals surface area contributed by atoms with Crippen molar-refractivity contribution in [1.29, 1.82) is 0 Å². The van der Waals surface area contributed by atoms with E-state index in [0.717, 1.165) is 10.9 Å². The zero-order chi connectivity index (χ0) is 27.6. The third-order valence-electron chi connectivity index (χ3n) is 4.90. The van der Waals surface area contributed by atoms with E-state index in [0.29, 0.717) is 5.69 Å². The van der Waals surface area contributed by atoms with Gasteiger partial charge in [0.1, 0.15) is 11.9 Å². The quantitative estimate of drug-likeness (QED) is 0.280. The second-order valence-corrected chi connectivity index (χ2v) is 10.2. The Morgan fingerprint density at radius 1 is 1.08 bits per heavy atom. The van der Waals surface area contributed by atoms with Gasteiger partial charge in [-0.05, 0) is 48.5 Å². The van der Waals surface area contributed by atoms with Crippen LogP contribution < -0.4 is 25.8 Å². The number of rotatable bonds is 7. The summed E-state index contributed by atoms with van der Waals surface area (Å²) in [6.07, 6.45) is 0.908. The number of H-pyrrole nitrogens is 1. The Kier molecular flexibility index (Phi) is 7.55. The number of nitrogens with one attached hydrogen (secondary N) is 2. The van der Waals surface area contributed by atoms with E-state index >= 15 is 0 Å². The third-order valence-corrected chi connectivity index (χ3v) is 6.99. The zero-order valence-electron chi connectivity index (χ0n) is 19.3. The van der Waals surface area contributed by atoms with E-state index < -0.39 is 21.3 Å². The van der Waals surface area contributed by atoms with Gasteiger partial charge in [0.25, 0.3) is 15.6 Å². The van der Waals surface area contributed by atoms with Crippen molar-refractivity contribution in [1.82, 2.24) is 14.8 Å². The SMILES string of the molecule is CC(=O)Nc1ccc(S(=O)(=O)N(O)c2cccc(Oc3c(Cl)cc(-n4ncc(=O)[nH]c4=O)cc3Cl)c2)cc1. The number of carbonyl (C=O) groups is 1. The minimum absolute atomic E-state index is 0.0207. The van der Waals surface area contributed by atoms with Gasteiger partial charge in [-0.3, -0.25) is 19.8 Å². The lowest BCUT2D eigenvalue weighted by Gasteiger charge is -2.18. The number of hydrogen-bond acceptors (Lipinski definition) is 8. The molecule has 1 amide bonds. The van der Waals surface area contributed by atoms with Crippen LogP contribution in [0.25, 0.3) is 5.69 Å². The standard InChI is InChI=1S/C23H17Cl2N5O7S/c1-13(31)27-14-5-7-18(8-6-14)38(35,36)30(34)15-3-2-4-17(9-15)37-22-19(24)10-16(11-20(22)25)29-23(33)28-21(32)12-26-29/h2-12,34H,1H3,(H,27,31)(H,28,32,33). The summed E-state index contributed by atoms with van der Waals surface area (Å²) in [5.41, 5.74) is -1.09. The summed E-state index contributed by atoms with van der Waals surface area (Å²) in [5, 5.41) is 16.7.